The Kier molecular flexibility index (Phi) is 7.91. The molecule has 13 heteroatoms. The molecule has 1 aromatic heterocycles. The van der Waals surface area contributed by atoms with E-state index in [9.17, 15) is 13.2 Å². The minimum atomic E-state index is -3.96. The Morgan fingerprint density at radius 3 is 2.59 bits per heavy atom. The molecule has 0 unspecified atom stereocenters. The van der Waals surface area contributed by atoms with Crippen molar-refractivity contribution in [1.29, 1.82) is 0 Å². The number of amides is 1. The van der Waals surface area contributed by atoms with Gasteiger partial charge in [-0.3, -0.25) is 10.1 Å². The van der Waals surface area contributed by atoms with Gasteiger partial charge in [-0.15, -0.1) is 10.2 Å². The number of methoxy groups -OCH3 is 1. The summed E-state index contributed by atoms with van der Waals surface area (Å²) in [5.41, 5.74) is 0.826. The van der Waals surface area contributed by atoms with Crippen LogP contribution >= 0.6 is 34.5 Å². The summed E-state index contributed by atoms with van der Waals surface area (Å²) in [6, 6.07) is 9.48. The first-order valence-corrected chi connectivity index (χ1v) is 12.2. The molecule has 0 saturated heterocycles. The molecule has 0 atom stereocenters. The van der Waals surface area contributed by atoms with Gasteiger partial charge in [0.1, 0.15) is 0 Å². The lowest BCUT2D eigenvalue weighted by atomic mass is 10.2. The summed E-state index contributed by atoms with van der Waals surface area (Å²) in [6.45, 7) is 2.27. The van der Waals surface area contributed by atoms with Crippen molar-refractivity contribution in [3.63, 3.8) is 0 Å². The highest BCUT2D eigenvalue weighted by atomic mass is 35.5. The maximum absolute atomic E-state index is 12.6. The van der Waals surface area contributed by atoms with Gasteiger partial charge in [-0.05, 0) is 42.8 Å². The first-order chi connectivity index (χ1) is 15.2. The average molecular weight is 517 g/mol. The minimum Gasteiger partial charge on any atom is -0.493 e. The van der Waals surface area contributed by atoms with E-state index >= 15 is 0 Å². The number of nitrogens with one attached hydrogen (secondary N) is 2. The number of sulfonamides is 1. The molecule has 9 nitrogen and oxygen atoms in total. The molecule has 1 amide bonds. The second kappa shape index (κ2) is 10.5. The maximum atomic E-state index is 12.6. The quantitative estimate of drug-likeness (QED) is 0.412. The summed E-state index contributed by atoms with van der Waals surface area (Å²) in [7, 11) is -2.44. The highest BCUT2D eigenvalue weighted by molar-refractivity contribution is 7.91. The first-order valence-electron chi connectivity index (χ1n) is 9.12. The van der Waals surface area contributed by atoms with Crippen LogP contribution in [0.1, 0.15) is 22.8 Å². The molecular weight excluding hydrogens is 499 g/mol. The zero-order valence-electron chi connectivity index (χ0n) is 16.9. The molecule has 0 spiro atoms. The standard InChI is InChI=1S/C19H18Cl2N4O5S2/c1-3-30-16-8-11(4-7-15(16)29-2)10-22-32(27,28)19-25-24-18(31-19)23-17(26)13-6-5-12(20)9-14(13)21/h4-9,22H,3,10H2,1-2H3,(H,23,24,26). The fourth-order valence-electron chi connectivity index (χ4n) is 2.55. The lowest BCUT2D eigenvalue weighted by molar-refractivity contribution is 0.102. The van der Waals surface area contributed by atoms with Crippen LogP contribution < -0.4 is 19.5 Å². The molecule has 0 aliphatic rings. The first kappa shape index (κ1) is 24.2. The van der Waals surface area contributed by atoms with Crippen molar-refractivity contribution in [2.75, 3.05) is 19.0 Å². The normalized spacial score (nSPS) is 11.2. The molecule has 0 radical (unpaired) electrons. The van der Waals surface area contributed by atoms with Crippen LogP contribution in [0.2, 0.25) is 10.0 Å². The van der Waals surface area contributed by atoms with Crippen LogP contribution in [0.25, 0.3) is 0 Å². The van der Waals surface area contributed by atoms with Crippen molar-refractivity contribution in [2.24, 2.45) is 0 Å². The Morgan fingerprint density at radius 2 is 1.91 bits per heavy atom. The van der Waals surface area contributed by atoms with Crippen LogP contribution in [0.3, 0.4) is 0 Å². The third-order valence-electron chi connectivity index (χ3n) is 4.03. The Bertz CT molecular complexity index is 1230. The van der Waals surface area contributed by atoms with Crippen molar-refractivity contribution in [1.82, 2.24) is 14.9 Å². The van der Waals surface area contributed by atoms with Gasteiger partial charge < -0.3 is 9.47 Å². The lowest BCUT2D eigenvalue weighted by Gasteiger charge is -2.11. The summed E-state index contributed by atoms with van der Waals surface area (Å²) in [6.07, 6.45) is 0. The number of carbonyl (C=O) groups is 1. The number of carbonyl (C=O) groups excluding carboxylic acids is 1. The van der Waals surface area contributed by atoms with Gasteiger partial charge in [-0.25, -0.2) is 13.1 Å². The number of halogens is 2. The van der Waals surface area contributed by atoms with E-state index in [0.717, 1.165) is 0 Å². The molecule has 0 bridgehead atoms. The molecule has 3 aromatic rings. The highest BCUT2D eigenvalue weighted by Gasteiger charge is 2.22. The van der Waals surface area contributed by atoms with E-state index < -0.39 is 15.9 Å². The molecule has 0 saturated carbocycles. The van der Waals surface area contributed by atoms with Crippen LogP contribution in [0.5, 0.6) is 11.5 Å². The lowest BCUT2D eigenvalue weighted by Crippen LogP contribution is -2.23. The molecule has 0 aliphatic carbocycles. The molecule has 2 N–H and O–H groups in total. The number of rotatable bonds is 9. The van der Waals surface area contributed by atoms with Gasteiger partial charge in [0.15, 0.2) is 11.5 Å². The van der Waals surface area contributed by atoms with Gasteiger partial charge in [0.05, 0.1) is 24.3 Å². The Morgan fingerprint density at radius 1 is 1.12 bits per heavy atom. The topological polar surface area (TPSA) is 120 Å². The maximum Gasteiger partial charge on any atom is 0.270 e. The van der Waals surface area contributed by atoms with Crippen LogP contribution in [0.15, 0.2) is 40.7 Å². The number of hydrogen-bond acceptors (Lipinski definition) is 8. The van der Waals surface area contributed by atoms with E-state index in [1.165, 1.54) is 25.3 Å². The zero-order valence-corrected chi connectivity index (χ0v) is 20.0. The number of ether oxygens (including phenoxy) is 2. The average Bonchev–Trinajstić information content (AvgIpc) is 3.22. The van der Waals surface area contributed by atoms with E-state index in [-0.39, 0.29) is 26.6 Å². The van der Waals surface area contributed by atoms with Gasteiger partial charge >= 0.3 is 0 Å². The van der Waals surface area contributed by atoms with Gasteiger partial charge in [-0.2, -0.15) is 0 Å². The van der Waals surface area contributed by atoms with Crippen LogP contribution in [0, 0.1) is 0 Å². The van der Waals surface area contributed by atoms with Gasteiger partial charge in [0, 0.05) is 11.6 Å². The molecule has 1 heterocycles. The number of aromatic nitrogens is 2. The van der Waals surface area contributed by atoms with Crippen molar-refractivity contribution >= 4 is 55.6 Å². The molecule has 3 rings (SSSR count). The molecule has 0 fully saturated rings. The van der Waals surface area contributed by atoms with Crippen molar-refractivity contribution in [3.8, 4) is 11.5 Å². The molecule has 0 aliphatic heterocycles. The SMILES string of the molecule is CCOc1cc(CNS(=O)(=O)c2nnc(NC(=O)c3ccc(Cl)cc3Cl)s2)ccc1OC. The predicted molar refractivity (Wildman–Crippen MR) is 123 cm³/mol. The molecule has 170 valence electrons. The third-order valence-corrected chi connectivity index (χ3v) is 7.18. The van der Waals surface area contributed by atoms with Gasteiger partial charge in [0.2, 0.25) is 9.47 Å². The van der Waals surface area contributed by atoms with Crippen LogP contribution in [-0.2, 0) is 16.6 Å². The van der Waals surface area contributed by atoms with Gasteiger partial charge in [-0.1, -0.05) is 40.6 Å². The number of nitrogens with zero attached hydrogens (tertiary/aromatic N) is 2. The second-order valence-corrected chi connectivity index (χ2v) is 9.96. The monoisotopic (exact) mass is 516 g/mol. The minimum absolute atomic E-state index is 0.00414. The molecule has 2 aromatic carbocycles. The van der Waals surface area contributed by atoms with Crippen molar-refractivity contribution < 1.29 is 22.7 Å². The fraction of sp³-hybridized carbons (Fsp3) is 0.211. The van der Waals surface area contributed by atoms with E-state index in [0.29, 0.717) is 40.0 Å². The molecular formula is C19H18Cl2N4O5S2. The Hall–Kier alpha value is -2.44. The summed E-state index contributed by atoms with van der Waals surface area (Å²) < 4.78 is 38.0. The summed E-state index contributed by atoms with van der Waals surface area (Å²) in [5, 5.41) is 10.4. The van der Waals surface area contributed by atoms with E-state index in [1.54, 1.807) is 18.2 Å². The Labute approximate surface area is 198 Å². The van der Waals surface area contributed by atoms with Crippen molar-refractivity contribution in [3.05, 3.63) is 57.6 Å². The smallest absolute Gasteiger partial charge is 0.270 e. The number of benzene rings is 2. The van der Waals surface area contributed by atoms with Crippen molar-refractivity contribution in [2.45, 2.75) is 17.8 Å². The van der Waals surface area contributed by atoms with E-state index in [2.05, 4.69) is 20.2 Å². The van der Waals surface area contributed by atoms with Crippen LogP contribution in [0.4, 0.5) is 5.13 Å². The zero-order chi connectivity index (χ0) is 23.3. The fourth-order valence-corrected chi connectivity index (χ4v) is 4.99. The molecule has 32 heavy (non-hydrogen) atoms. The second-order valence-electron chi connectivity index (χ2n) is 6.19. The summed E-state index contributed by atoms with van der Waals surface area (Å²) >= 11 is 12.5. The summed E-state index contributed by atoms with van der Waals surface area (Å²) in [4.78, 5) is 12.4. The number of anilines is 1. The third kappa shape index (κ3) is 5.87. The van der Waals surface area contributed by atoms with Gasteiger partial charge in [0.25, 0.3) is 15.9 Å². The largest absolute Gasteiger partial charge is 0.493 e. The predicted octanol–water partition coefficient (Wildman–Crippen LogP) is 3.98. The highest BCUT2D eigenvalue weighted by Crippen LogP contribution is 2.28. The van der Waals surface area contributed by atoms with E-state index in [1.807, 2.05) is 6.92 Å². The van der Waals surface area contributed by atoms with Crippen LogP contribution in [-0.4, -0.2) is 38.2 Å². The summed E-state index contributed by atoms with van der Waals surface area (Å²) in [5.74, 6) is 0.485. The Balaban J connectivity index is 1.68. The van der Waals surface area contributed by atoms with E-state index in [4.69, 9.17) is 32.7 Å². The number of hydrogen-bond donors (Lipinski definition) is 2.